The van der Waals surface area contributed by atoms with E-state index in [0.29, 0.717) is 17.6 Å². The first-order valence-electron chi connectivity index (χ1n) is 9.89. The van der Waals surface area contributed by atoms with Crippen molar-refractivity contribution in [3.8, 4) is 0 Å². The Labute approximate surface area is 164 Å². The zero-order valence-corrected chi connectivity index (χ0v) is 17.2. The van der Waals surface area contributed by atoms with Crippen LogP contribution in [0.25, 0.3) is 0 Å². The van der Waals surface area contributed by atoms with Crippen LogP contribution < -0.4 is 5.11 Å². The Hall–Kier alpha value is -1.66. The highest BCUT2D eigenvalue weighted by Crippen LogP contribution is 2.09. The molecule has 1 atom stereocenters. The average molecular weight is 384 g/mol. The number of quaternary nitrogens is 1. The molecule has 0 heterocycles. The molecule has 0 saturated carbocycles. The molecule has 0 rings (SSSR count). The summed E-state index contributed by atoms with van der Waals surface area (Å²) in [5, 5.41) is 19.5. The van der Waals surface area contributed by atoms with Gasteiger partial charge in [-0.1, -0.05) is 50.3 Å². The van der Waals surface area contributed by atoms with Crippen LogP contribution in [0.15, 0.2) is 24.3 Å². The number of ether oxygens (including phenoxy) is 1. The number of carbonyl (C=O) groups excluding carboxylic acids is 2. The maximum absolute atomic E-state index is 11.8. The van der Waals surface area contributed by atoms with E-state index in [1.807, 2.05) is 33.3 Å². The summed E-state index contributed by atoms with van der Waals surface area (Å²) in [6, 6.07) is 0. The third kappa shape index (κ3) is 18.9. The molecule has 0 aromatic heterocycles. The SMILES string of the molecule is C[N+](C)(C)CC(CC(=O)[O-])OC(=O)C=CC=CCCCCCCCCCO. The number of carboxylic acid groups (broad SMARTS) is 1. The lowest BCUT2D eigenvalue weighted by molar-refractivity contribution is -0.873. The van der Waals surface area contributed by atoms with Crippen molar-refractivity contribution in [1.82, 2.24) is 0 Å². The summed E-state index contributed by atoms with van der Waals surface area (Å²) in [6.07, 6.45) is 14.7. The van der Waals surface area contributed by atoms with Gasteiger partial charge in [-0.25, -0.2) is 4.79 Å². The number of nitrogens with zero attached hydrogens (tertiary/aromatic N) is 1. The van der Waals surface area contributed by atoms with Gasteiger partial charge < -0.3 is 24.2 Å². The Morgan fingerprint density at radius 3 is 2.15 bits per heavy atom. The van der Waals surface area contributed by atoms with Gasteiger partial charge in [-0.05, 0) is 19.3 Å². The molecule has 0 amide bonds. The number of aliphatic carboxylic acids is 1. The van der Waals surface area contributed by atoms with Crippen LogP contribution in [0.2, 0.25) is 0 Å². The molecule has 0 fully saturated rings. The van der Waals surface area contributed by atoms with E-state index in [4.69, 9.17) is 9.84 Å². The Kier molecular flexibility index (Phi) is 14.5. The topological polar surface area (TPSA) is 86.7 Å². The predicted octanol–water partition coefficient (Wildman–Crippen LogP) is 1.97. The summed E-state index contributed by atoms with van der Waals surface area (Å²) >= 11 is 0. The molecule has 0 saturated heterocycles. The molecule has 27 heavy (non-hydrogen) atoms. The van der Waals surface area contributed by atoms with E-state index in [1.54, 1.807) is 6.08 Å². The lowest BCUT2D eigenvalue weighted by Gasteiger charge is -2.28. The molecule has 0 aliphatic heterocycles. The van der Waals surface area contributed by atoms with Crippen molar-refractivity contribution in [2.24, 2.45) is 0 Å². The number of rotatable bonds is 16. The van der Waals surface area contributed by atoms with Crippen LogP contribution in [-0.2, 0) is 14.3 Å². The van der Waals surface area contributed by atoms with Gasteiger partial charge in [0.1, 0.15) is 6.54 Å². The lowest BCUT2D eigenvalue weighted by atomic mass is 10.1. The number of likely N-dealkylation sites (N-methyl/N-ethyl adjacent to an activating group) is 1. The molecule has 0 spiro atoms. The largest absolute Gasteiger partial charge is 0.550 e. The number of hydrogen-bond donors (Lipinski definition) is 1. The highest BCUT2D eigenvalue weighted by Gasteiger charge is 2.21. The third-order valence-electron chi connectivity index (χ3n) is 3.94. The van der Waals surface area contributed by atoms with E-state index in [-0.39, 0.29) is 6.42 Å². The van der Waals surface area contributed by atoms with Crippen LogP contribution in [0.1, 0.15) is 57.8 Å². The molecule has 6 heteroatoms. The fourth-order valence-corrected chi connectivity index (χ4v) is 2.71. The summed E-state index contributed by atoms with van der Waals surface area (Å²) in [4.78, 5) is 22.6. The van der Waals surface area contributed by atoms with Crippen LogP contribution >= 0.6 is 0 Å². The van der Waals surface area contributed by atoms with Gasteiger partial charge in [0, 0.05) is 25.1 Å². The zero-order valence-electron chi connectivity index (χ0n) is 17.2. The molecule has 0 aliphatic rings. The minimum absolute atomic E-state index is 0.291. The van der Waals surface area contributed by atoms with Crippen LogP contribution in [-0.4, -0.2) is 61.9 Å². The second-order valence-electron chi connectivity index (χ2n) is 7.88. The van der Waals surface area contributed by atoms with Gasteiger partial charge in [-0.2, -0.15) is 0 Å². The second kappa shape index (κ2) is 15.4. The predicted molar refractivity (Wildman–Crippen MR) is 105 cm³/mol. The Balaban J connectivity index is 3.96. The van der Waals surface area contributed by atoms with E-state index in [1.165, 1.54) is 31.8 Å². The highest BCUT2D eigenvalue weighted by atomic mass is 16.5. The Morgan fingerprint density at radius 1 is 1.00 bits per heavy atom. The zero-order chi connectivity index (χ0) is 20.5. The molecule has 0 aromatic carbocycles. The van der Waals surface area contributed by atoms with Gasteiger partial charge in [-0.15, -0.1) is 0 Å². The van der Waals surface area contributed by atoms with E-state index < -0.39 is 18.0 Å². The fraction of sp³-hybridized carbons (Fsp3) is 0.714. The standard InChI is InChI=1S/C21H37NO5/c1-22(2,3)18-19(17-20(24)25)27-21(26)15-13-11-9-7-5-4-6-8-10-12-14-16-23/h9,11,13,15,19,23H,4-8,10,12,14,16-18H2,1-3H3. The first kappa shape index (κ1) is 25.3. The van der Waals surface area contributed by atoms with Gasteiger partial charge in [0.2, 0.25) is 0 Å². The summed E-state index contributed by atoms with van der Waals surface area (Å²) in [5.41, 5.74) is 0. The van der Waals surface area contributed by atoms with Crippen molar-refractivity contribution in [1.29, 1.82) is 0 Å². The molecule has 0 bridgehead atoms. The number of aliphatic hydroxyl groups is 1. The second-order valence-corrected chi connectivity index (χ2v) is 7.88. The number of carbonyl (C=O) groups is 2. The van der Waals surface area contributed by atoms with Crippen LogP contribution in [0.4, 0.5) is 0 Å². The van der Waals surface area contributed by atoms with Gasteiger partial charge in [-0.3, -0.25) is 0 Å². The van der Waals surface area contributed by atoms with Crippen molar-refractivity contribution in [3.63, 3.8) is 0 Å². The molecular formula is C21H37NO5. The molecule has 156 valence electrons. The third-order valence-corrected chi connectivity index (χ3v) is 3.94. The number of unbranched alkanes of at least 4 members (excludes halogenated alkanes) is 7. The first-order chi connectivity index (χ1) is 12.7. The van der Waals surface area contributed by atoms with Gasteiger partial charge in [0.15, 0.2) is 6.10 Å². The molecule has 6 nitrogen and oxygen atoms in total. The van der Waals surface area contributed by atoms with E-state index in [2.05, 4.69) is 0 Å². The van der Waals surface area contributed by atoms with Crippen molar-refractivity contribution < 1.29 is 29.0 Å². The van der Waals surface area contributed by atoms with Crippen molar-refractivity contribution in [3.05, 3.63) is 24.3 Å². The maximum Gasteiger partial charge on any atom is 0.331 e. The van der Waals surface area contributed by atoms with Crippen molar-refractivity contribution >= 4 is 11.9 Å². The molecule has 1 N–H and O–H groups in total. The number of allylic oxidation sites excluding steroid dienone is 3. The number of aliphatic hydroxyl groups excluding tert-OH is 1. The Morgan fingerprint density at radius 2 is 1.59 bits per heavy atom. The highest BCUT2D eigenvalue weighted by molar-refractivity contribution is 5.82. The normalized spacial score (nSPS) is 13.3. The summed E-state index contributed by atoms with van der Waals surface area (Å²) in [5.74, 6) is -1.76. The summed E-state index contributed by atoms with van der Waals surface area (Å²) in [7, 11) is 5.72. The van der Waals surface area contributed by atoms with Crippen molar-refractivity contribution in [2.75, 3.05) is 34.3 Å². The van der Waals surface area contributed by atoms with E-state index in [0.717, 1.165) is 25.7 Å². The van der Waals surface area contributed by atoms with Gasteiger partial charge in [0.05, 0.1) is 21.1 Å². The molecular weight excluding hydrogens is 346 g/mol. The number of carboxylic acids is 1. The molecule has 1 unspecified atom stereocenters. The maximum atomic E-state index is 11.8. The minimum Gasteiger partial charge on any atom is -0.550 e. The van der Waals surface area contributed by atoms with Gasteiger partial charge >= 0.3 is 5.97 Å². The van der Waals surface area contributed by atoms with Gasteiger partial charge in [0.25, 0.3) is 0 Å². The minimum atomic E-state index is -1.22. The molecule has 0 aliphatic carbocycles. The smallest absolute Gasteiger partial charge is 0.331 e. The van der Waals surface area contributed by atoms with Crippen molar-refractivity contribution in [2.45, 2.75) is 63.9 Å². The first-order valence-corrected chi connectivity index (χ1v) is 9.89. The average Bonchev–Trinajstić information content (AvgIpc) is 2.53. The summed E-state index contributed by atoms with van der Waals surface area (Å²) < 4.78 is 5.72. The number of esters is 1. The van der Waals surface area contributed by atoms with Crippen LogP contribution in [0.3, 0.4) is 0 Å². The van der Waals surface area contributed by atoms with E-state index in [9.17, 15) is 14.7 Å². The number of hydrogen-bond acceptors (Lipinski definition) is 5. The fourth-order valence-electron chi connectivity index (χ4n) is 2.71. The quantitative estimate of drug-likeness (QED) is 0.145. The lowest BCUT2D eigenvalue weighted by Crippen LogP contribution is -2.45. The van der Waals surface area contributed by atoms with Crippen LogP contribution in [0, 0.1) is 0 Å². The van der Waals surface area contributed by atoms with E-state index >= 15 is 0 Å². The monoisotopic (exact) mass is 383 g/mol. The summed E-state index contributed by atoms with van der Waals surface area (Å²) in [6.45, 7) is 0.697. The van der Waals surface area contributed by atoms with Crippen LogP contribution in [0.5, 0.6) is 0 Å². The molecule has 0 aromatic rings. The molecule has 0 radical (unpaired) electrons. The Bertz CT molecular complexity index is 466.